The van der Waals surface area contributed by atoms with E-state index in [2.05, 4.69) is 6.92 Å². The van der Waals surface area contributed by atoms with Crippen molar-refractivity contribution in [2.24, 2.45) is 0 Å². The first-order valence-electron chi connectivity index (χ1n) is 6.45. The van der Waals surface area contributed by atoms with Gasteiger partial charge in [0.25, 0.3) is 10.1 Å². The van der Waals surface area contributed by atoms with Crippen LogP contribution in [0.1, 0.15) is 60.7 Å². The van der Waals surface area contributed by atoms with E-state index in [1.165, 1.54) is 0 Å². The molecule has 1 N–H and O–H groups in total. The molecule has 0 aromatic heterocycles. The van der Waals surface area contributed by atoms with Gasteiger partial charge in [0.2, 0.25) is 0 Å². The maximum Gasteiger partial charge on any atom is 1.00 e. The van der Waals surface area contributed by atoms with Crippen LogP contribution in [-0.2, 0) is 19.6 Å². The molecule has 0 rings (SSSR count). The van der Waals surface area contributed by atoms with E-state index in [0.29, 0.717) is 12.8 Å². The molecule has 0 saturated carbocycles. The molecule has 0 aliphatic heterocycles. The van der Waals surface area contributed by atoms with Gasteiger partial charge < -0.3 is 6.16 Å². The van der Waals surface area contributed by atoms with Gasteiger partial charge in [0.15, 0.2) is 5.75 Å². The first-order valence-corrected chi connectivity index (χ1v) is 8.06. The van der Waals surface area contributed by atoms with Crippen molar-refractivity contribution in [2.45, 2.75) is 64.9 Å². The van der Waals surface area contributed by atoms with Gasteiger partial charge in [-0.15, -0.1) is 0 Å². The second-order valence-corrected chi connectivity index (χ2v) is 6.00. The first kappa shape index (κ1) is 21.7. The van der Waals surface area contributed by atoms with E-state index >= 15 is 0 Å². The molecule has 0 aromatic carbocycles. The van der Waals surface area contributed by atoms with Gasteiger partial charge in [-0.3, -0.25) is 9.35 Å². The van der Waals surface area contributed by atoms with Crippen molar-refractivity contribution in [3.8, 4) is 0 Å². The van der Waals surface area contributed by atoms with E-state index in [0.717, 1.165) is 25.7 Å². The van der Waals surface area contributed by atoms with Crippen LogP contribution in [0.4, 0.5) is 0 Å². The maximum absolute atomic E-state index is 11.5. The van der Waals surface area contributed by atoms with E-state index in [1.807, 2.05) is 13.8 Å². The third-order valence-electron chi connectivity index (χ3n) is 3.16. The Morgan fingerprint density at radius 3 is 2.11 bits per heavy atom. The number of hydrogen-bond donors (Lipinski definition) is 1. The Kier molecular flexibility index (Phi) is 11.6. The Hall–Kier alpha value is 0.380. The van der Waals surface area contributed by atoms with Crippen LogP contribution in [0.5, 0.6) is 0 Å². The summed E-state index contributed by atoms with van der Waals surface area (Å²) in [5.74, 6) is -1.85. The molecule has 19 heavy (non-hydrogen) atoms. The number of unbranched alkanes of at least 4 members (excludes halogenated alkanes) is 2. The zero-order valence-electron chi connectivity index (χ0n) is 13.4. The van der Waals surface area contributed by atoms with Crippen LogP contribution < -0.4 is 29.6 Å². The van der Waals surface area contributed by atoms with Crippen molar-refractivity contribution in [1.29, 1.82) is 0 Å². The number of hydrogen-bond acceptors (Lipinski definition) is 4. The SMILES string of the molecule is CCCCCC(CC)(CC)OC(=O)CS(=O)(=O)O.[H-].[Na+]. The van der Waals surface area contributed by atoms with Crippen molar-refractivity contribution >= 4 is 16.1 Å². The molecule has 0 aliphatic rings. The molecule has 0 radical (unpaired) electrons. The van der Waals surface area contributed by atoms with E-state index in [4.69, 9.17) is 9.29 Å². The summed E-state index contributed by atoms with van der Waals surface area (Å²) in [6.07, 6.45) is 5.08. The minimum Gasteiger partial charge on any atom is -1.00 e. The molecule has 0 aromatic rings. The fourth-order valence-electron chi connectivity index (χ4n) is 1.92. The number of carbonyl (C=O) groups is 1. The van der Waals surface area contributed by atoms with Gasteiger partial charge in [0, 0.05) is 0 Å². The quantitative estimate of drug-likeness (QED) is 0.273. The van der Waals surface area contributed by atoms with Crippen LogP contribution in [-0.4, -0.2) is 30.3 Å². The number of esters is 1. The van der Waals surface area contributed by atoms with Crippen molar-refractivity contribution in [1.82, 2.24) is 0 Å². The molecule has 0 bridgehead atoms. The summed E-state index contributed by atoms with van der Waals surface area (Å²) >= 11 is 0. The minimum absolute atomic E-state index is 0. The zero-order valence-corrected chi connectivity index (χ0v) is 15.3. The third kappa shape index (κ3) is 9.85. The van der Waals surface area contributed by atoms with Gasteiger partial charge in [-0.1, -0.05) is 33.6 Å². The average molecular weight is 304 g/mol. The topological polar surface area (TPSA) is 80.7 Å². The van der Waals surface area contributed by atoms with E-state index in [1.54, 1.807) is 0 Å². The van der Waals surface area contributed by atoms with E-state index in [9.17, 15) is 13.2 Å². The molecule has 0 spiro atoms. The standard InChI is InChI=1S/C12H24O5S.Na.H/c1-4-7-8-9-12(5-2,6-3)17-11(13)10-18(14,15)16;;/h4-10H2,1-3H3,(H,14,15,16);;/q;+1;-1. The Morgan fingerprint density at radius 1 is 1.21 bits per heavy atom. The molecular weight excluding hydrogens is 279 g/mol. The Labute approximate surface area is 140 Å². The Balaban J connectivity index is -0.00000144. The summed E-state index contributed by atoms with van der Waals surface area (Å²) in [5, 5.41) is 0. The van der Waals surface area contributed by atoms with Crippen molar-refractivity contribution < 1.29 is 53.5 Å². The summed E-state index contributed by atoms with van der Waals surface area (Å²) in [7, 11) is -4.31. The van der Waals surface area contributed by atoms with Crippen LogP contribution in [0.3, 0.4) is 0 Å². The minimum atomic E-state index is -4.31. The molecule has 0 aliphatic carbocycles. The molecule has 0 amide bonds. The first-order chi connectivity index (χ1) is 8.28. The Morgan fingerprint density at radius 2 is 1.74 bits per heavy atom. The number of carbonyl (C=O) groups excluding carboxylic acids is 1. The molecule has 0 saturated heterocycles. The van der Waals surface area contributed by atoms with Gasteiger partial charge >= 0.3 is 35.5 Å². The van der Waals surface area contributed by atoms with Gasteiger partial charge in [-0.25, -0.2) is 0 Å². The molecule has 5 nitrogen and oxygen atoms in total. The van der Waals surface area contributed by atoms with Crippen LogP contribution in [0.2, 0.25) is 0 Å². The predicted octanol–water partition coefficient (Wildman–Crippen LogP) is -0.327. The van der Waals surface area contributed by atoms with Gasteiger partial charge in [0.05, 0.1) is 0 Å². The van der Waals surface area contributed by atoms with Gasteiger partial charge in [0.1, 0.15) is 5.60 Å². The normalized spacial score (nSPS) is 11.8. The van der Waals surface area contributed by atoms with Gasteiger partial charge in [-0.2, -0.15) is 8.42 Å². The summed E-state index contributed by atoms with van der Waals surface area (Å²) < 4.78 is 35.1. The zero-order chi connectivity index (χ0) is 14.2. The maximum atomic E-state index is 11.5. The molecule has 0 unspecified atom stereocenters. The molecule has 0 heterocycles. The van der Waals surface area contributed by atoms with Crippen molar-refractivity contribution in [3.05, 3.63) is 0 Å². The summed E-state index contributed by atoms with van der Waals surface area (Å²) in [4.78, 5) is 11.5. The monoisotopic (exact) mass is 304 g/mol. The number of rotatable bonds is 9. The third-order valence-corrected chi connectivity index (χ3v) is 3.76. The Bertz CT molecular complexity index is 355. The second-order valence-electron chi connectivity index (χ2n) is 4.55. The summed E-state index contributed by atoms with van der Waals surface area (Å²) in [6, 6.07) is 0. The van der Waals surface area contributed by atoms with E-state index < -0.39 is 27.4 Å². The second kappa shape index (κ2) is 10.2. The largest absolute Gasteiger partial charge is 1.00 e. The van der Waals surface area contributed by atoms with Crippen LogP contribution in [0, 0.1) is 0 Å². The van der Waals surface area contributed by atoms with Crippen LogP contribution in [0.25, 0.3) is 0 Å². The van der Waals surface area contributed by atoms with Crippen molar-refractivity contribution in [2.75, 3.05) is 5.75 Å². The van der Waals surface area contributed by atoms with Crippen LogP contribution in [0.15, 0.2) is 0 Å². The molecule has 110 valence electrons. The fourth-order valence-corrected chi connectivity index (χ4v) is 2.27. The fraction of sp³-hybridized carbons (Fsp3) is 0.917. The summed E-state index contributed by atoms with van der Waals surface area (Å²) in [5.41, 5.74) is -0.600. The smallest absolute Gasteiger partial charge is 1.00 e. The number of ether oxygens (including phenoxy) is 1. The molecule has 7 heteroatoms. The van der Waals surface area contributed by atoms with E-state index in [-0.39, 0.29) is 31.0 Å². The van der Waals surface area contributed by atoms with Gasteiger partial charge in [-0.05, 0) is 25.7 Å². The average Bonchev–Trinajstić information content (AvgIpc) is 2.25. The molecule has 0 fully saturated rings. The van der Waals surface area contributed by atoms with Crippen molar-refractivity contribution in [3.63, 3.8) is 0 Å². The molecule has 0 atom stereocenters. The summed E-state index contributed by atoms with van der Waals surface area (Å²) in [6.45, 7) is 5.91. The predicted molar refractivity (Wildman–Crippen MR) is 71.1 cm³/mol. The molecular formula is C12H25NaO5S. The van der Waals surface area contributed by atoms with Crippen LogP contribution >= 0.6 is 0 Å².